The first-order valence-corrected chi connectivity index (χ1v) is 3.71. The summed E-state index contributed by atoms with van der Waals surface area (Å²) in [5.74, 6) is -2.20. The van der Waals surface area contributed by atoms with E-state index in [0.717, 1.165) is 0 Å². The molecule has 15 heavy (non-hydrogen) atoms. The summed E-state index contributed by atoms with van der Waals surface area (Å²) in [6.07, 6.45) is -4.40. The van der Waals surface area contributed by atoms with Crippen LogP contribution >= 0.6 is 0 Å². The second kappa shape index (κ2) is 6.19. The molecule has 0 aliphatic carbocycles. The van der Waals surface area contributed by atoms with Crippen LogP contribution in [0.2, 0.25) is 0 Å². The third-order valence-corrected chi connectivity index (χ3v) is 0.993. The molecule has 0 rings (SSSR count). The molecule has 0 aromatic heterocycles. The average molecular weight is 230 g/mol. The van der Waals surface area contributed by atoms with Crippen LogP contribution in [0.1, 0.15) is 0 Å². The molecule has 0 atom stereocenters. The zero-order chi connectivity index (χ0) is 11.9. The Hall–Kier alpha value is -1.35. The van der Waals surface area contributed by atoms with Gasteiger partial charge >= 0.3 is 12.1 Å². The average Bonchev–Trinajstić information content (AvgIpc) is 2.00. The van der Waals surface area contributed by atoms with Crippen LogP contribution in [-0.4, -0.2) is 42.9 Å². The number of amides is 1. The van der Waals surface area contributed by atoms with Gasteiger partial charge in [0, 0.05) is 0 Å². The van der Waals surface area contributed by atoms with Crippen LogP contribution in [0.4, 0.5) is 13.2 Å². The zero-order valence-corrected chi connectivity index (χ0v) is 7.43. The molecule has 0 spiro atoms. The highest BCUT2D eigenvalue weighted by molar-refractivity contribution is 5.77. The standard InChI is InChI=1S/C6H9F3N2O4/c7-6(8,9)3-10-1-4(12)11-15-2-5(13)14/h10H,1-3H2,(H,11,12)(H,13,14). The Bertz CT molecular complexity index is 231. The van der Waals surface area contributed by atoms with Gasteiger partial charge in [-0.05, 0) is 0 Å². The number of carbonyl (C=O) groups is 2. The molecule has 0 heterocycles. The van der Waals surface area contributed by atoms with Gasteiger partial charge in [-0.2, -0.15) is 13.2 Å². The number of rotatable bonds is 6. The van der Waals surface area contributed by atoms with Crippen molar-refractivity contribution in [3.63, 3.8) is 0 Å². The summed E-state index contributed by atoms with van der Waals surface area (Å²) >= 11 is 0. The lowest BCUT2D eigenvalue weighted by atomic mass is 10.5. The number of halogens is 3. The fraction of sp³-hybridized carbons (Fsp3) is 0.667. The maximum absolute atomic E-state index is 11.6. The molecule has 0 saturated heterocycles. The summed E-state index contributed by atoms with van der Waals surface area (Å²) < 4.78 is 34.7. The molecule has 0 fully saturated rings. The van der Waals surface area contributed by atoms with Crippen molar-refractivity contribution >= 4 is 11.9 Å². The molecule has 9 heteroatoms. The zero-order valence-electron chi connectivity index (χ0n) is 7.43. The number of carboxylic acids is 1. The predicted octanol–water partition coefficient (Wildman–Crippen LogP) is -0.729. The predicted molar refractivity (Wildman–Crippen MR) is 40.7 cm³/mol. The van der Waals surface area contributed by atoms with Gasteiger partial charge in [-0.15, -0.1) is 0 Å². The number of carboxylic acid groups (broad SMARTS) is 1. The SMILES string of the molecule is O=C(O)CONC(=O)CNCC(F)(F)F. The number of nitrogens with one attached hydrogen (secondary N) is 2. The number of aliphatic carboxylic acids is 1. The second-order valence-electron chi connectivity index (χ2n) is 2.43. The van der Waals surface area contributed by atoms with Crippen molar-refractivity contribution in [2.75, 3.05) is 19.7 Å². The monoisotopic (exact) mass is 230 g/mol. The summed E-state index contributed by atoms with van der Waals surface area (Å²) in [5.41, 5.74) is 1.65. The molecule has 0 aliphatic rings. The molecule has 0 aliphatic heterocycles. The molecule has 0 radical (unpaired) electrons. The summed E-state index contributed by atoms with van der Waals surface area (Å²) in [6, 6.07) is 0. The van der Waals surface area contributed by atoms with Crippen LogP contribution in [0.5, 0.6) is 0 Å². The van der Waals surface area contributed by atoms with E-state index in [4.69, 9.17) is 5.11 Å². The minimum absolute atomic E-state index is 0.612. The van der Waals surface area contributed by atoms with E-state index in [1.54, 1.807) is 10.8 Å². The Morgan fingerprint density at radius 3 is 2.40 bits per heavy atom. The van der Waals surface area contributed by atoms with Crippen molar-refractivity contribution in [3.8, 4) is 0 Å². The van der Waals surface area contributed by atoms with Gasteiger partial charge in [-0.3, -0.25) is 9.63 Å². The molecule has 1 amide bonds. The summed E-state index contributed by atoms with van der Waals surface area (Å²) in [5, 5.41) is 9.87. The fourth-order valence-electron chi connectivity index (χ4n) is 0.532. The van der Waals surface area contributed by atoms with Crippen molar-refractivity contribution < 1.29 is 32.7 Å². The van der Waals surface area contributed by atoms with Crippen LogP contribution in [-0.2, 0) is 14.4 Å². The van der Waals surface area contributed by atoms with Crippen LogP contribution < -0.4 is 10.8 Å². The Morgan fingerprint density at radius 1 is 1.33 bits per heavy atom. The van der Waals surface area contributed by atoms with Crippen LogP contribution in [0, 0.1) is 0 Å². The van der Waals surface area contributed by atoms with E-state index < -0.39 is 37.7 Å². The van der Waals surface area contributed by atoms with E-state index in [-0.39, 0.29) is 0 Å². The van der Waals surface area contributed by atoms with Crippen molar-refractivity contribution in [1.82, 2.24) is 10.8 Å². The van der Waals surface area contributed by atoms with Gasteiger partial charge in [-0.25, -0.2) is 10.3 Å². The summed E-state index contributed by atoms with van der Waals surface area (Å²) in [7, 11) is 0. The van der Waals surface area contributed by atoms with E-state index in [1.807, 2.05) is 0 Å². The minimum atomic E-state index is -4.40. The molecule has 0 aromatic rings. The van der Waals surface area contributed by atoms with E-state index in [0.29, 0.717) is 0 Å². The van der Waals surface area contributed by atoms with Gasteiger partial charge in [0.05, 0.1) is 13.1 Å². The number of hydroxylamine groups is 1. The fourth-order valence-corrected chi connectivity index (χ4v) is 0.532. The van der Waals surface area contributed by atoms with Crippen LogP contribution in [0.15, 0.2) is 0 Å². The largest absolute Gasteiger partial charge is 0.479 e. The number of hydrogen-bond donors (Lipinski definition) is 3. The first kappa shape index (κ1) is 13.7. The second-order valence-corrected chi connectivity index (χ2v) is 2.43. The lowest BCUT2D eigenvalue weighted by molar-refractivity contribution is -0.149. The maximum atomic E-state index is 11.6. The van der Waals surface area contributed by atoms with E-state index in [9.17, 15) is 22.8 Å². The lowest BCUT2D eigenvalue weighted by Gasteiger charge is -2.07. The summed E-state index contributed by atoms with van der Waals surface area (Å²) in [4.78, 5) is 24.7. The number of alkyl halides is 3. The van der Waals surface area contributed by atoms with Gasteiger partial charge in [0.2, 0.25) is 0 Å². The van der Waals surface area contributed by atoms with E-state index in [1.165, 1.54) is 0 Å². The smallest absolute Gasteiger partial charge is 0.401 e. The van der Waals surface area contributed by atoms with Crippen LogP contribution in [0.25, 0.3) is 0 Å². The molecule has 6 nitrogen and oxygen atoms in total. The Kier molecular flexibility index (Phi) is 5.64. The van der Waals surface area contributed by atoms with Gasteiger partial charge in [0.15, 0.2) is 6.61 Å². The van der Waals surface area contributed by atoms with Gasteiger partial charge in [0.25, 0.3) is 5.91 Å². The molecule has 3 N–H and O–H groups in total. The first-order chi connectivity index (χ1) is 6.81. The third kappa shape index (κ3) is 10.6. The van der Waals surface area contributed by atoms with Gasteiger partial charge in [-0.1, -0.05) is 0 Å². The van der Waals surface area contributed by atoms with Crippen molar-refractivity contribution in [2.45, 2.75) is 6.18 Å². The third-order valence-electron chi connectivity index (χ3n) is 0.993. The highest BCUT2D eigenvalue weighted by atomic mass is 19.4. The quantitative estimate of drug-likeness (QED) is 0.523. The molecular weight excluding hydrogens is 221 g/mol. The maximum Gasteiger partial charge on any atom is 0.401 e. The number of hydrogen-bond acceptors (Lipinski definition) is 4. The minimum Gasteiger partial charge on any atom is -0.479 e. The Morgan fingerprint density at radius 2 is 1.93 bits per heavy atom. The van der Waals surface area contributed by atoms with Crippen molar-refractivity contribution in [3.05, 3.63) is 0 Å². The highest BCUT2D eigenvalue weighted by Crippen LogP contribution is 2.11. The van der Waals surface area contributed by atoms with Crippen molar-refractivity contribution in [1.29, 1.82) is 0 Å². The topological polar surface area (TPSA) is 87.7 Å². The van der Waals surface area contributed by atoms with Crippen molar-refractivity contribution in [2.24, 2.45) is 0 Å². The van der Waals surface area contributed by atoms with Gasteiger partial charge in [0.1, 0.15) is 0 Å². The van der Waals surface area contributed by atoms with Crippen LogP contribution in [0.3, 0.4) is 0 Å². The van der Waals surface area contributed by atoms with E-state index >= 15 is 0 Å². The molecule has 0 unspecified atom stereocenters. The first-order valence-electron chi connectivity index (χ1n) is 3.71. The number of carbonyl (C=O) groups excluding carboxylic acids is 1. The Labute approximate surface area is 82.3 Å². The molecule has 0 bridgehead atoms. The summed E-state index contributed by atoms with van der Waals surface area (Å²) in [6.45, 7) is -2.68. The molecule has 0 aromatic carbocycles. The molecule has 88 valence electrons. The highest BCUT2D eigenvalue weighted by Gasteiger charge is 2.26. The molecular formula is C6H9F3N2O4. The Balaban J connectivity index is 3.46. The molecule has 0 saturated carbocycles. The normalized spacial score (nSPS) is 11.1. The van der Waals surface area contributed by atoms with Gasteiger partial charge < -0.3 is 10.4 Å². The lowest BCUT2D eigenvalue weighted by Crippen LogP contribution is -2.38. The van der Waals surface area contributed by atoms with E-state index in [2.05, 4.69) is 4.84 Å².